The molecule has 4 aromatic rings. The number of tetrazole rings is 1. The summed E-state index contributed by atoms with van der Waals surface area (Å²) in [5.74, 6) is 1.55. The zero-order chi connectivity index (χ0) is 22.8. The Balaban J connectivity index is 1.38. The van der Waals surface area contributed by atoms with Gasteiger partial charge in [0.2, 0.25) is 0 Å². The lowest BCUT2D eigenvalue weighted by atomic mass is 10.0. The number of aromatic nitrogens is 5. The van der Waals surface area contributed by atoms with E-state index in [2.05, 4.69) is 94.6 Å². The highest BCUT2D eigenvalue weighted by molar-refractivity contribution is 7.22. The largest absolute Gasteiger partial charge is 0.345 e. The van der Waals surface area contributed by atoms with E-state index < -0.39 is 0 Å². The summed E-state index contributed by atoms with van der Waals surface area (Å²) in [6, 6.07) is 17.2. The molecule has 172 valence electrons. The Morgan fingerprint density at radius 2 is 1.73 bits per heavy atom. The van der Waals surface area contributed by atoms with Gasteiger partial charge in [-0.3, -0.25) is 4.90 Å². The Kier molecular flexibility index (Phi) is 6.37. The molecular formula is C25H31N7S. The summed E-state index contributed by atoms with van der Waals surface area (Å²) in [4.78, 5) is 9.80. The number of thiazole rings is 1. The highest BCUT2D eigenvalue weighted by Crippen LogP contribution is 2.32. The van der Waals surface area contributed by atoms with Gasteiger partial charge in [0, 0.05) is 32.7 Å². The zero-order valence-corrected chi connectivity index (χ0v) is 20.4. The molecule has 3 heterocycles. The average molecular weight is 462 g/mol. The second kappa shape index (κ2) is 9.57. The van der Waals surface area contributed by atoms with Gasteiger partial charge < -0.3 is 4.90 Å². The average Bonchev–Trinajstić information content (AvgIpc) is 3.47. The smallest absolute Gasteiger partial charge is 0.186 e. The first-order valence-electron chi connectivity index (χ1n) is 11.8. The molecule has 1 fully saturated rings. The molecule has 2 aromatic carbocycles. The molecule has 0 spiro atoms. The van der Waals surface area contributed by atoms with E-state index in [4.69, 9.17) is 4.98 Å². The minimum Gasteiger partial charge on any atom is -0.345 e. The van der Waals surface area contributed by atoms with E-state index in [0.717, 1.165) is 55.6 Å². The van der Waals surface area contributed by atoms with Crippen molar-refractivity contribution in [1.82, 2.24) is 30.1 Å². The quantitative estimate of drug-likeness (QED) is 0.402. The van der Waals surface area contributed by atoms with Crippen LogP contribution in [0.15, 0.2) is 48.5 Å². The molecule has 1 aliphatic rings. The second-order valence-electron chi connectivity index (χ2n) is 9.24. The van der Waals surface area contributed by atoms with Gasteiger partial charge in [-0.25, -0.2) is 9.67 Å². The van der Waals surface area contributed by atoms with Crippen molar-refractivity contribution in [2.75, 3.05) is 31.1 Å². The maximum Gasteiger partial charge on any atom is 0.186 e. The van der Waals surface area contributed by atoms with Gasteiger partial charge in [-0.1, -0.05) is 67.1 Å². The van der Waals surface area contributed by atoms with Crippen LogP contribution in [0.2, 0.25) is 0 Å². The molecular weight excluding hydrogens is 430 g/mol. The molecule has 7 nitrogen and oxygen atoms in total. The van der Waals surface area contributed by atoms with Crippen LogP contribution in [0.1, 0.15) is 43.3 Å². The normalized spacial score (nSPS) is 16.1. The highest BCUT2D eigenvalue weighted by atomic mass is 32.1. The van der Waals surface area contributed by atoms with Crippen molar-refractivity contribution in [3.05, 3.63) is 65.5 Å². The van der Waals surface area contributed by atoms with Crippen LogP contribution in [0.3, 0.4) is 0 Å². The molecule has 2 aromatic heterocycles. The lowest BCUT2D eigenvalue weighted by Gasteiger charge is -2.38. The molecule has 1 atom stereocenters. The number of fused-ring (bicyclic) bond motifs is 1. The van der Waals surface area contributed by atoms with E-state index in [1.807, 2.05) is 4.68 Å². The van der Waals surface area contributed by atoms with Crippen LogP contribution in [0.25, 0.3) is 10.2 Å². The number of aryl methyl sites for hydroxylation is 2. The molecule has 5 rings (SSSR count). The van der Waals surface area contributed by atoms with Crippen LogP contribution in [0, 0.1) is 12.8 Å². The molecule has 0 bridgehead atoms. The van der Waals surface area contributed by atoms with E-state index in [-0.39, 0.29) is 6.04 Å². The van der Waals surface area contributed by atoms with Crippen molar-refractivity contribution in [3.63, 3.8) is 0 Å². The van der Waals surface area contributed by atoms with E-state index in [1.54, 1.807) is 11.3 Å². The third-order valence-electron chi connectivity index (χ3n) is 6.35. The SMILES string of the molecule is Cc1ccc([C@H](c2nnnn2CCC(C)C)N2CCN(c3nc4ccccc4s3)CC2)cc1. The monoisotopic (exact) mass is 461 g/mol. The number of hydrogen-bond acceptors (Lipinski definition) is 7. The predicted octanol–water partition coefficient (Wildman–Crippen LogP) is 4.55. The third-order valence-corrected chi connectivity index (χ3v) is 7.45. The summed E-state index contributed by atoms with van der Waals surface area (Å²) >= 11 is 1.78. The summed E-state index contributed by atoms with van der Waals surface area (Å²) in [6.07, 6.45) is 1.06. The van der Waals surface area contributed by atoms with Gasteiger partial charge in [0.1, 0.15) is 0 Å². The fourth-order valence-corrected chi connectivity index (χ4v) is 5.40. The minimum absolute atomic E-state index is 0.0466. The third kappa shape index (κ3) is 4.77. The van der Waals surface area contributed by atoms with Crippen LogP contribution in [0.4, 0.5) is 5.13 Å². The van der Waals surface area contributed by atoms with Crippen LogP contribution in [0.5, 0.6) is 0 Å². The van der Waals surface area contributed by atoms with Gasteiger partial charge in [0.15, 0.2) is 11.0 Å². The molecule has 0 unspecified atom stereocenters. The summed E-state index contributed by atoms with van der Waals surface area (Å²) in [5, 5.41) is 14.0. The number of para-hydroxylation sites is 1. The molecule has 0 radical (unpaired) electrons. The first-order chi connectivity index (χ1) is 16.1. The van der Waals surface area contributed by atoms with Crippen molar-refractivity contribution >= 4 is 26.7 Å². The zero-order valence-electron chi connectivity index (χ0n) is 19.6. The van der Waals surface area contributed by atoms with Gasteiger partial charge in [0.25, 0.3) is 0 Å². The van der Waals surface area contributed by atoms with Crippen molar-refractivity contribution in [1.29, 1.82) is 0 Å². The van der Waals surface area contributed by atoms with Crippen LogP contribution in [-0.2, 0) is 6.54 Å². The van der Waals surface area contributed by atoms with E-state index >= 15 is 0 Å². The van der Waals surface area contributed by atoms with Crippen molar-refractivity contribution in [2.45, 2.75) is 39.8 Å². The van der Waals surface area contributed by atoms with Gasteiger partial charge in [-0.05, 0) is 47.4 Å². The van der Waals surface area contributed by atoms with Gasteiger partial charge in [0.05, 0.1) is 16.3 Å². The Morgan fingerprint density at radius 1 is 0.970 bits per heavy atom. The van der Waals surface area contributed by atoms with Gasteiger partial charge >= 0.3 is 0 Å². The van der Waals surface area contributed by atoms with Crippen LogP contribution < -0.4 is 4.90 Å². The molecule has 1 saturated heterocycles. The summed E-state index contributed by atoms with van der Waals surface area (Å²) in [5.41, 5.74) is 3.59. The Morgan fingerprint density at radius 3 is 2.45 bits per heavy atom. The van der Waals surface area contributed by atoms with Crippen molar-refractivity contribution in [3.8, 4) is 0 Å². The molecule has 33 heavy (non-hydrogen) atoms. The standard InChI is InChI=1S/C25H31N7S/c1-18(2)12-13-32-24(27-28-29-32)23(20-10-8-19(3)9-11-20)30-14-16-31(17-15-30)25-26-21-6-4-5-7-22(21)33-25/h4-11,18,23H,12-17H2,1-3H3/t23-/m1/s1. The fraction of sp³-hybridized carbons (Fsp3) is 0.440. The minimum atomic E-state index is 0.0466. The van der Waals surface area contributed by atoms with Gasteiger partial charge in [-0.2, -0.15) is 0 Å². The number of benzene rings is 2. The summed E-state index contributed by atoms with van der Waals surface area (Å²) < 4.78 is 3.25. The Labute approximate surface area is 199 Å². The molecule has 0 amide bonds. The van der Waals surface area contributed by atoms with E-state index in [0.29, 0.717) is 5.92 Å². The molecule has 0 saturated carbocycles. The Bertz CT molecular complexity index is 1160. The number of anilines is 1. The number of piperazine rings is 1. The van der Waals surface area contributed by atoms with Crippen molar-refractivity contribution < 1.29 is 0 Å². The summed E-state index contributed by atoms with van der Waals surface area (Å²) in [6.45, 7) is 11.2. The van der Waals surface area contributed by atoms with E-state index in [1.165, 1.54) is 15.8 Å². The highest BCUT2D eigenvalue weighted by Gasteiger charge is 2.31. The van der Waals surface area contributed by atoms with Gasteiger partial charge in [-0.15, -0.1) is 5.10 Å². The molecule has 0 aliphatic carbocycles. The molecule has 8 heteroatoms. The fourth-order valence-electron chi connectivity index (χ4n) is 4.39. The topological polar surface area (TPSA) is 63.0 Å². The summed E-state index contributed by atoms with van der Waals surface area (Å²) in [7, 11) is 0. The Hall–Kier alpha value is -2.84. The maximum absolute atomic E-state index is 4.87. The number of rotatable bonds is 7. The first kappa shape index (κ1) is 22.0. The molecule has 0 N–H and O–H groups in total. The van der Waals surface area contributed by atoms with E-state index in [9.17, 15) is 0 Å². The number of nitrogens with zero attached hydrogens (tertiary/aromatic N) is 7. The van der Waals surface area contributed by atoms with Crippen LogP contribution in [-0.4, -0.2) is 56.3 Å². The second-order valence-corrected chi connectivity index (χ2v) is 10.3. The first-order valence-corrected chi connectivity index (χ1v) is 12.6. The van der Waals surface area contributed by atoms with Crippen LogP contribution >= 0.6 is 11.3 Å². The lowest BCUT2D eigenvalue weighted by Crippen LogP contribution is -2.48. The predicted molar refractivity (Wildman–Crippen MR) is 134 cm³/mol. The molecule has 1 aliphatic heterocycles. The van der Waals surface area contributed by atoms with Crippen molar-refractivity contribution in [2.24, 2.45) is 5.92 Å². The maximum atomic E-state index is 4.87. The number of hydrogen-bond donors (Lipinski definition) is 0. The lowest BCUT2D eigenvalue weighted by molar-refractivity contribution is 0.200.